The van der Waals surface area contributed by atoms with Gasteiger partial charge in [0.15, 0.2) is 0 Å². The summed E-state index contributed by atoms with van der Waals surface area (Å²) in [6, 6.07) is 3.21. The van der Waals surface area contributed by atoms with Gasteiger partial charge >= 0.3 is 11.8 Å². The SMILES string of the molecule is CC(NC(=O)C(=O)N1CCCNCC1)c1ccco1. The maximum absolute atomic E-state index is 12.0. The van der Waals surface area contributed by atoms with E-state index in [0.29, 0.717) is 18.8 Å². The van der Waals surface area contributed by atoms with E-state index in [1.54, 1.807) is 30.2 Å². The first-order chi connectivity index (χ1) is 9.18. The van der Waals surface area contributed by atoms with Crippen molar-refractivity contribution in [3.05, 3.63) is 24.2 Å². The van der Waals surface area contributed by atoms with E-state index in [9.17, 15) is 9.59 Å². The molecular formula is C13H19N3O3. The van der Waals surface area contributed by atoms with Gasteiger partial charge in [-0.05, 0) is 32.0 Å². The van der Waals surface area contributed by atoms with Crippen LogP contribution in [0.4, 0.5) is 0 Å². The molecule has 104 valence electrons. The van der Waals surface area contributed by atoms with E-state index in [4.69, 9.17) is 4.42 Å². The fourth-order valence-corrected chi connectivity index (χ4v) is 2.06. The number of furan rings is 1. The summed E-state index contributed by atoms with van der Waals surface area (Å²) in [4.78, 5) is 25.5. The van der Waals surface area contributed by atoms with Crippen molar-refractivity contribution in [3.8, 4) is 0 Å². The summed E-state index contributed by atoms with van der Waals surface area (Å²) in [7, 11) is 0. The Balaban J connectivity index is 1.89. The van der Waals surface area contributed by atoms with Crippen LogP contribution in [0.3, 0.4) is 0 Å². The minimum Gasteiger partial charge on any atom is -0.467 e. The van der Waals surface area contributed by atoms with E-state index >= 15 is 0 Å². The van der Waals surface area contributed by atoms with E-state index < -0.39 is 11.8 Å². The Morgan fingerprint density at radius 2 is 2.26 bits per heavy atom. The third-order valence-electron chi connectivity index (χ3n) is 3.14. The van der Waals surface area contributed by atoms with Crippen molar-refractivity contribution in [2.75, 3.05) is 26.2 Å². The van der Waals surface area contributed by atoms with Crippen LogP contribution in [0.2, 0.25) is 0 Å². The Kier molecular flexibility index (Phi) is 4.57. The third kappa shape index (κ3) is 3.57. The molecule has 19 heavy (non-hydrogen) atoms. The van der Waals surface area contributed by atoms with Crippen LogP contribution in [0.25, 0.3) is 0 Å². The summed E-state index contributed by atoms with van der Waals surface area (Å²) in [5.74, 6) is -0.411. The Morgan fingerprint density at radius 3 is 3.00 bits per heavy atom. The number of carbonyl (C=O) groups excluding carboxylic acids is 2. The van der Waals surface area contributed by atoms with Gasteiger partial charge in [-0.25, -0.2) is 0 Å². The molecule has 2 N–H and O–H groups in total. The van der Waals surface area contributed by atoms with Gasteiger partial charge in [0, 0.05) is 19.6 Å². The zero-order chi connectivity index (χ0) is 13.7. The van der Waals surface area contributed by atoms with Crippen LogP contribution < -0.4 is 10.6 Å². The molecule has 1 saturated heterocycles. The standard InChI is InChI=1S/C13H19N3O3/c1-10(11-4-2-9-19-11)15-12(17)13(18)16-7-3-5-14-6-8-16/h2,4,9-10,14H,3,5-8H2,1H3,(H,15,17). The van der Waals surface area contributed by atoms with Gasteiger partial charge in [0.25, 0.3) is 0 Å². The molecule has 2 amide bonds. The molecule has 1 aliphatic rings. The second kappa shape index (κ2) is 6.38. The van der Waals surface area contributed by atoms with Crippen LogP contribution in [0.15, 0.2) is 22.8 Å². The Morgan fingerprint density at radius 1 is 1.42 bits per heavy atom. The lowest BCUT2D eigenvalue weighted by molar-refractivity contribution is -0.146. The molecule has 0 aromatic carbocycles. The van der Waals surface area contributed by atoms with E-state index in [0.717, 1.165) is 19.5 Å². The summed E-state index contributed by atoms with van der Waals surface area (Å²) >= 11 is 0. The molecule has 0 spiro atoms. The number of hydrogen-bond acceptors (Lipinski definition) is 4. The van der Waals surface area contributed by atoms with Crippen molar-refractivity contribution in [2.45, 2.75) is 19.4 Å². The zero-order valence-corrected chi connectivity index (χ0v) is 11.0. The lowest BCUT2D eigenvalue weighted by atomic mass is 10.2. The molecule has 1 aromatic heterocycles. The van der Waals surface area contributed by atoms with Crippen molar-refractivity contribution >= 4 is 11.8 Å². The van der Waals surface area contributed by atoms with Crippen LogP contribution in [-0.2, 0) is 9.59 Å². The van der Waals surface area contributed by atoms with Gasteiger partial charge in [-0.15, -0.1) is 0 Å². The van der Waals surface area contributed by atoms with Gasteiger partial charge in [-0.2, -0.15) is 0 Å². The lowest BCUT2D eigenvalue weighted by Gasteiger charge is -2.20. The number of amides is 2. The van der Waals surface area contributed by atoms with E-state index in [2.05, 4.69) is 10.6 Å². The van der Waals surface area contributed by atoms with Crippen molar-refractivity contribution in [3.63, 3.8) is 0 Å². The van der Waals surface area contributed by atoms with Crippen molar-refractivity contribution in [1.29, 1.82) is 0 Å². The van der Waals surface area contributed by atoms with E-state index in [-0.39, 0.29) is 6.04 Å². The number of hydrogen-bond donors (Lipinski definition) is 2. The Hall–Kier alpha value is -1.82. The van der Waals surface area contributed by atoms with Crippen molar-refractivity contribution in [2.24, 2.45) is 0 Å². The number of rotatable bonds is 2. The lowest BCUT2D eigenvalue weighted by Crippen LogP contribution is -2.44. The molecule has 0 radical (unpaired) electrons. The highest BCUT2D eigenvalue weighted by Gasteiger charge is 2.24. The Bertz CT molecular complexity index is 422. The zero-order valence-electron chi connectivity index (χ0n) is 11.0. The molecule has 1 aliphatic heterocycles. The molecule has 1 aromatic rings. The maximum atomic E-state index is 12.0. The van der Waals surface area contributed by atoms with E-state index in [1.807, 2.05) is 0 Å². The molecule has 6 nitrogen and oxygen atoms in total. The van der Waals surface area contributed by atoms with Gasteiger partial charge in [0.2, 0.25) is 0 Å². The van der Waals surface area contributed by atoms with Gasteiger partial charge < -0.3 is 20.0 Å². The van der Waals surface area contributed by atoms with Gasteiger partial charge in [-0.1, -0.05) is 0 Å². The van der Waals surface area contributed by atoms with Gasteiger partial charge in [-0.3, -0.25) is 9.59 Å². The van der Waals surface area contributed by atoms with Crippen LogP contribution >= 0.6 is 0 Å². The monoisotopic (exact) mass is 265 g/mol. The normalized spacial score (nSPS) is 17.6. The van der Waals surface area contributed by atoms with E-state index in [1.165, 1.54) is 0 Å². The molecule has 1 unspecified atom stereocenters. The average Bonchev–Trinajstić information content (AvgIpc) is 2.81. The average molecular weight is 265 g/mol. The highest BCUT2D eigenvalue weighted by Crippen LogP contribution is 2.12. The fraction of sp³-hybridized carbons (Fsp3) is 0.538. The second-order valence-corrected chi connectivity index (χ2v) is 4.61. The predicted octanol–water partition coefficient (Wildman–Crippen LogP) is 0.279. The van der Waals surface area contributed by atoms with Crippen LogP contribution in [0.1, 0.15) is 25.1 Å². The quantitative estimate of drug-likeness (QED) is 0.753. The highest BCUT2D eigenvalue weighted by molar-refractivity contribution is 6.35. The first-order valence-electron chi connectivity index (χ1n) is 6.52. The first kappa shape index (κ1) is 13.6. The molecular weight excluding hydrogens is 246 g/mol. The highest BCUT2D eigenvalue weighted by atomic mass is 16.3. The van der Waals surface area contributed by atoms with Crippen LogP contribution in [-0.4, -0.2) is 42.9 Å². The summed E-state index contributed by atoms with van der Waals surface area (Å²) in [6.07, 6.45) is 2.41. The molecule has 0 aliphatic carbocycles. The van der Waals surface area contributed by atoms with Crippen molar-refractivity contribution < 1.29 is 14.0 Å². The molecule has 6 heteroatoms. The predicted molar refractivity (Wildman–Crippen MR) is 69.3 cm³/mol. The number of carbonyl (C=O) groups is 2. The van der Waals surface area contributed by atoms with Gasteiger partial charge in [0.1, 0.15) is 5.76 Å². The largest absolute Gasteiger partial charge is 0.467 e. The smallest absolute Gasteiger partial charge is 0.311 e. The number of nitrogens with zero attached hydrogens (tertiary/aromatic N) is 1. The Labute approximate surface area is 112 Å². The fourth-order valence-electron chi connectivity index (χ4n) is 2.06. The molecule has 0 bridgehead atoms. The maximum Gasteiger partial charge on any atom is 0.311 e. The minimum atomic E-state index is -0.578. The van der Waals surface area contributed by atoms with Crippen LogP contribution in [0.5, 0.6) is 0 Å². The molecule has 2 heterocycles. The minimum absolute atomic E-state index is 0.309. The third-order valence-corrected chi connectivity index (χ3v) is 3.14. The number of nitrogens with one attached hydrogen (secondary N) is 2. The second-order valence-electron chi connectivity index (χ2n) is 4.61. The summed E-state index contributed by atoms with van der Waals surface area (Å²) in [5, 5.41) is 5.85. The topological polar surface area (TPSA) is 74.6 Å². The summed E-state index contributed by atoms with van der Waals surface area (Å²) < 4.78 is 5.19. The molecule has 1 fully saturated rings. The van der Waals surface area contributed by atoms with Crippen molar-refractivity contribution in [1.82, 2.24) is 15.5 Å². The van der Waals surface area contributed by atoms with Crippen LogP contribution in [0, 0.1) is 0 Å². The molecule has 1 atom stereocenters. The summed E-state index contributed by atoms with van der Waals surface area (Å²) in [6.45, 7) is 4.59. The molecule has 0 saturated carbocycles. The molecule has 2 rings (SSSR count). The first-order valence-corrected chi connectivity index (χ1v) is 6.52. The summed E-state index contributed by atoms with van der Waals surface area (Å²) in [5.41, 5.74) is 0. The van der Waals surface area contributed by atoms with Gasteiger partial charge in [0.05, 0.1) is 12.3 Å².